The van der Waals surface area contributed by atoms with Crippen molar-refractivity contribution < 1.29 is 14.3 Å². The molecule has 8 heteroatoms. The van der Waals surface area contributed by atoms with Gasteiger partial charge in [-0.1, -0.05) is 48.0 Å². The lowest BCUT2D eigenvalue weighted by Crippen LogP contribution is -2.32. The Morgan fingerprint density at radius 2 is 1.88 bits per heavy atom. The topological polar surface area (TPSA) is 79.8 Å². The number of hydrogen-bond donors (Lipinski definition) is 2. The molecule has 0 bridgehead atoms. The predicted molar refractivity (Wildman–Crippen MR) is 103 cm³/mol. The highest BCUT2D eigenvalue weighted by molar-refractivity contribution is 6.42. The van der Waals surface area contributed by atoms with Gasteiger partial charge in [0.15, 0.2) is 0 Å². The Morgan fingerprint density at radius 3 is 2.62 bits per heavy atom. The summed E-state index contributed by atoms with van der Waals surface area (Å²) >= 11 is 11.6. The van der Waals surface area contributed by atoms with Crippen LogP contribution in [0, 0.1) is 0 Å². The van der Waals surface area contributed by atoms with Gasteiger partial charge in [0, 0.05) is 11.3 Å². The maximum Gasteiger partial charge on any atom is 0.329 e. The molecule has 0 aliphatic heterocycles. The number of nitrogens with one attached hydrogen (secondary N) is 2. The number of carbonyl (C=O) groups excluding carboxylic acids is 2. The second kappa shape index (κ2) is 9.60. The summed E-state index contributed by atoms with van der Waals surface area (Å²) < 4.78 is 5.47. The Bertz CT molecular complexity index is 853. The molecule has 0 unspecified atom stereocenters. The van der Waals surface area contributed by atoms with E-state index in [1.807, 2.05) is 0 Å². The van der Waals surface area contributed by atoms with Gasteiger partial charge in [-0.2, -0.15) is 5.10 Å². The van der Waals surface area contributed by atoms with Crippen molar-refractivity contribution in [1.29, 1.82) is 0 Å². The minimum atomic E-state index is -0.934. The van der Waals surface area contributed by atoms with E-state index in [4.69, 9.17) is 27.9 Å². The van der Waals surface area contributed by atoms with Gasteiger partial charge in [0.1, 0.15) is 12.4 Å². The molecule has 2 aromatic carbocycles. The van der Waals surface area contributed by atoms with E-state index in [2.05, 4.69) is 22.4 Å². The Kier molecular flexibility index (Phi) is 7.20. The lowest BCUT2D eigenvalue weighted by Gasteiger charge is -2.06. The number of ether oxygens (including phenoxy) is 1. The van der Waals surface area contributed by atoms with Crippen LogP contribution in [-0.2, 0) is 9.59 Å². The highest BCUT2D eigenvalue weighted by Gasteiger charge is 2.13. The lowest BCUT2D eigenvalue weighted by atomic mass is 10.2. The van der Waals surface area contributed by atoms with Gasteiger partial charge in [0.25, 0.3) is 0 Å². The quantitative estimate of drug-likeness (QED) is 0.341. The maximum absolute atomic E-state index is 11.9. The molecule has 0 radical (unpaired) electrons. The fraction of sp³-hybridized carbons (Fsp3) is 0.0556. The summed E-state index contributed by atoms with van der Waals surface area (Å²) in [5.74, 6) is -1.25. The molecule has 0 aromatic heterocycles. The van der Waals surface area contributed by atoms with Crippen LogP contribution in [0.2, 0.25) is 10.0 Å². The van der Waals surface area contributed by atoms with E-state index in [1.165, 1.54) is 24.4 Å². The molecule has 6 nitrogen and oxygen atoms in total. The summed E-state index contributed by atoms with van der Waals surface area (Å²) in [5.41, 5.74) is 3.12. The fourth-order valence-electron chi connectivity index (χ4n) is 1.84. The molecule has 0 saturated carbocycles. The van der Waals surface area contributed by atoms with Crippen molar-refractivity contribution in [2.24, 2.45) is 5.10 Å². The second-order valence-electron chi connectivity index (χ2n) is 4.92. The first-order valence-electron chi connectivity index (χ1n) is 7.43. The summed E-state index contributed by atoms with van der Waals surface area (Å²) in [6.45, 7) is 3.92. The maximum atomic E-state index is 11.9. The molecule has 0 saturated heterocycles. The lowest BCUT2D eigenvalue weighted by molar-refractivity contribution is -0.136. The third-order valence-electron chi connectivity index (χ3n) is 3.03. The summed E-state index contributed by atoms with van der Waals surface area (Å²) in [6.07, 6.45) is 2.99. The number of amides is 2. The molecule has 2 rings (SSSR count). The number of rotatable bonds is 6. The zero-order valence-corrected chi connectivity index (χ0v) is 15.1. The van der Waals surface area contributed by atoms with Gasteiger partial charge in [0.2, 0.25) is 0 Å². The van der Waals surface area contributed by atoms with Gasteiger partial charge >= 0.3 is 11.8 Å². The number of nitrogens with zero attached hydrogens (tertiary/aromatic N) is 1. The Labute approximate surface area is 160 Å². The van der Waals surface area contributed by atoms with Gasteiger partial charge in [0.05, 0.1) is 16.3 Å². The van der Waals surface area contributed by atoms with E-state index in [1.54, 1.807) is 30.3 Å². The molecule has 0 aliphatic rings. The number of benzene rings is 2. The third kappa shape index (κ3) is 5.61. The SMILES string of the molecule is C=CCOc1ccccc1/C=N\NC(=O)C(=O)Nc1ccc(Cl)c(Cl)c1. The summed E-state index contributed by atoms with van der Waals surface area (Å²) in [7, 11) is 0. The molecule has 0 atom stereocenters. The fourth-order valence-corrected chi connectivity index (χ4v) is 2.14. The number of carbonyl (C=O) groups is 2. The van der Waals surface area contributed by atoms with Crippen LogP contribution in [0.25, 0.3) is 0 Å². The highest BCUT2D eigenvalue weighted by Crippen LogP contribution is 2.24. The van der Waals surface area contributed by atoms with Crippen molar-refractivity contribution in [1.82, 2.24) is 5.43 Å². The van der Waals surface area contributed by atoms with E-state index >= 15 is 0 Å². The normalized spacial score (nSPS) is 10.4. The van der Waals surface area contributed by atoms with Crippen LogP contribution in [-0.4, -0.2) is 24.6 Å². The number of halogens is 2. The van der Waals surface area contributed by atoms with Crippen molar-refractivity contribution >= 4 is 46.9 Å². The average Bonchev–Trinajstić information content (AvgIpc) is 2.63. The molecule has 2 N–H and O–H groups in total. The van der Waals surface area contributed by atoms with Gasteiger partial charge in [-0.05, 0) is 30.3 Å². The van der Waals surface area contributed by atoms with Crippen LogP contribution in [0.1, 0.15) is 5.56 Å². The molecule has 0 aliphatic carbocycles. The predicted octanol–water partition coefficient (Wildman–Crippen LogP) is 3.65. The van der Waals surface area contributed by atoms with Crippen molar-refractivity contribution in [2.75, 3.05) is 11.9 Å². The molecular weight excluding hydrogens is 377 g/mol. The van der Waals surface area contributed by atoms with E-state index in [0.29, 0.717) is 28.6 Å². The standard InChI is InChI=1S/C18H15Cl2N3O3/c1-2-9-26-16-6-4-3-5-12(16)11-21-23-18(25)17(24)22-13-7-8-14(19)15(20)10-13/h2-8,10-11H,1,9H2,(H,22,24)(H,23,25)/b21-11-. The first-order chi connectivity index (χ1) is 12.5. The summed E-state index contributed by atoms with van der Waals surface area (Å²) in [4.78, 5) is 23.7. The van der Waals surface area contributed by atoms with Crippen molar-refractivity contribution in [3.63, 3.8) is 0 Å². The monoisotopic (exact) mass is 391 g/mol. The third-order valence-corrected chi connectivity index (χ3v) is 3.77. The number of para-hydroxylation sites is 1. The minimum absolute atomic E-state index is 0.263. The van der Waals surface area contributed by atoms with Crippen LogP contribution < -0.4 is 15.5 Å². The van der Waals surface area contributed by atoms with Crippen molar-refractivity contribution in [2.45, 2.75) is 0 Å². The summed E-state index contributed by atoms with van der Waals surface area (Å²) in [5, 5.41) is 6.77. The zero-order valence-electron chi connectivity index (χ0n) is 13.5. The summed E-state index contributed by atoms with van der Waals surface area (Å²) in [6, 6.07) is 11.6. The minimum Gasteiger partial charge on any atom is -0.489 e. The Balaban J connectivity index is 1.95. The zero-order chi connectivity index (χ0) is 18.9. The molecule has 0 spiro atoms. The molecule has 26 heavy (non-hydrogen) atoms. The van der Waals surface area contributed by atoms with Crippen LogP contribution >= 0.6 is 23.2 Å². The molecule has 2 amide bonds. The number of anilines is 1. The van der Waals surface area contributed by atoms with Gasteiger partial charge in [-0.25, -0.2) is 5.43 Å². The largest absolute Gasteiger partial charge is 0.489 e. The van der Waals surface area contributed by atoms with Crippen LogP contribution in [0.4, 0.5) is 5.69 Å². The second-order valence-corrected chi connectivity index (χ2v) is 5.73. The smallest absolute Gasteiger partial charge is 0.329 e. The van der Waals surface area contributed by atoms with E-state index < -0.39 is 11.8 Å². The van der Waals surface area contributed by atoms with Crippen LogP contribution in [0.3, 0.4) is 0 Å². The average molecular weight is 392 g/mol. The molecular formula is C18H15Cl2N3O3. The van der Waals surface area contributed by atoms with Gasteiger partial charge in [-0.3, -0.25) is 9.59 Å². The molecule has 0 fully saturated rings. The Morgan fingerprint density at radius 1 is 1.12 bits per heavy atom. The van der Waals surface area contributed by atoms with E-state index in [0.717, 1.165) is 0 Å². The Hall–Kier alpha value is -2.83. The van der Waals surface area contributed by atoms with Gasteiger partial charge < -0.3 is 10.1 Å². The first kappa shape index (κ1) is 19.5. The van der Waals surface area contributed by atoms with E-state index in [9.17, 15) is 9.59 Å². The van der Waals surface area contributed by atoms with Crippen molar-refractivity contribution in [3.8, 4) is 5.75 Å². The van der Waals surface area contributed by atoms with Crippen molar-refractivity contribution in [3.05, 3.63) is 70.7 Å². The number of hydrogen-bond acceptors (Lipinski definition) is 4. The molecule has 134 valence electrons. The highest BCUT2D eigenvalue weighted by atomic mass is 35.5. The number of hydrazone groups is 1. The first-order valence-corrected chi connectivity index (χ1v) is 8.19. The van der Waals surface area contributed by atoms with Crippen LogP contribution in [0.5, 0.6) is 5.75 Å². The molecule has 2 aromatic rings. The van der Waals surface area contributed by atoms with E-state index in [-0.39, 0.29) is 5.02 Å². The van der Waals surface area contributed by atoms with Crippen LogP contribution in [0.15, 0.2) is 60.2 Å². The van der Waals surface area contributed by atoms with Gasteiger partial charge in [-0.15, -0.1) is 0 Å². The molecule has 0 heterocycles.